The molecule has 2 heterocycles. The number of thiophene rings is 1. The third-order valence-corrected chi connectivity index (χ3v) is 7.47. The molecule has 1 fully saturated rings. The lowest BCUT2D eigenvalue weighted by Gasteiger charge is -2.23. The molecule has 1 aromatic rings. The van der Waals surface area contributed by atoms with Crippen LogP contribution in [0.3, 0.4) is 0 Å². The minimum absolute atomic E-state index is 0.0808. The highest BCUT2D eigenvalue weighted by molar-refractivity contribution is 9.09. The molecule has 0 bridgehead atoms. The summed E-state index contributed by atoms with van der Waals surface area (Å²) in [5.74, 6) is 0. The lowest BCUT2D eigenvalue weighted by molar-refractivity contribution is 0.369. The fourth-order valence-electron chi connectivity index (χ4n) is 2.35. The van der Waals surface area contributed by atoms with Crippen LogP contribution in [0.2, 0.25) is 8.67 Å². The first kappa shape index (κ1) is 16.0. The van der Waals surface area contributed by atoms with Crippen molar-refractivity contribution in [3.8, 4) is 0 Å². The van der Waals surface area contributed by atoms with Gasteiger partial charge in [0.15, 0.2) is 0 Å². The Hall–Kier alpha value is 0.670. The summed E-state index contributed by atoms with van der Waals surface area (Å²) in [6.45, 7) is 0.569. The van der Waals surface area contributed by atoms with Gasteiger partial charge in [0.1, 0.15) is 9.23 Å². The Labute approximate surface area is 136 Å². The highest BCUT2D eigenvalue weighted by atomic mass is 79.9. The summed E-state index contributed by atoms with van der Waals surface area (Å²) in [4.78, 5) is 0.148. The molecule has 2 rings (SSSR count). The van der Waals surface area contributed by atoms with E-state index in [2.05, 4.69) is 15.9 Å². The van der Waals surface area contributed by atoms with Crippen molar-refractivity contribution in [3.05, 3.63) is 14.7 Å². The SMILES string of the molecule is O=S(=O)(c1cc(Cl)sc1Cl)N1CCCC1CCCBr. The van der Waals surface area contributed by atoms with Gasteiger partial charge >= 0.3 is 0 Å². The number of rotatable bonds is 5. The maximum Gasteiger partial charge on any atom is 0.245 e. The summed E-state index contributed by atoms with van der Waals surface area (Å²) in [5, 5.41) is 0.891. The Kier molecular flexibility index (Phi) is 5.59. The Morgan fingerprint density at radius 3 is 2.79 bits per heavy atom. The van der Waals surface area contributed by atoms with Crippen molar-refractivity contribution in [2.75, 3.05) is 11.9 Å². The molecule has 1 unspecified atom stereocenters. The Morgan fingerprint density at radius 1 is 1.47 bits per heavy atom. The molecule has 1 aromatic heterocycles. The summed E-state index contributed by atoms with van der Waals surface area (Å²) < 4.78 is 27.5. The van der Waals surface area contributed by atoms with Crippen molar-refractivity contribution in [1.29, 1.82) is 0 Å². The summed E-state index contributed by atoms with van der Waals surface area (Å²) in [7, 11) is -3.52. The monoisotopic (exact) mass is 405 g/mol. The van der Waals surface area contributed by atoms with Crippen molar-refractivity contribution in [1.82, 2.24) is 4.31 Å². The molecule has 3 nitrogen and oxygen atoms in total. The van der Waals surface area contributed by atoms with Crippen LogP contribution in [0.1, 0.15) is 25.7 Å². The van der Waals surface area contributed by atoms with Crippen molar-refractivity contribution >= 4 is 60.5 Å². The Balaban J connectivity index is 2.26. The Bertz CT molecular complexity index is 547. The van der Waals surface area contributed by atoms with Gasteiger partial charge in [-0.05, 0) is 31.7 Å². The van der Waals surface area contributed by atoms with E-state index >= 15 is 0 Å². The van der Waals surface area contributed by atoms with Crippen molar-refractivity contribution in [2.45, 2.75) is 36.6 Å². The van der Waals surface area contributed by atoms with E-state index in [0.717, 1.165) is 42.4 Å². The lowest BCUT2D eigenvalue weighted by Crippen LogP contribution is -2.35. The molecule has 1 aliphatic rings. The highest BCUT2D eigenvalue weighted by Gasteiger charge is 2.36. The van der Waals surface area contributed by atoms with Gasteiger partial charge in [-0.15, -0.1) is 11.3 Å². The molecule has 0 spiro atoms. The third kappa shape index (κ3) is 3.47. The molecular weight excluding hydrogens is 393 g/mol. The van der Waals surface area contributed by atoms with Crippen LogP contribution in [-0.4, -0.2) is 30.6 Å². The summed E-state index contributed by atoms with van der Waals surface area (Å²) in [6, 6.07) is 1.53. The fourth-order valence-corrected chi connectivity index (χ4v) is 6.52. The van der Waals surface area contributed by atoms with Gasteiger partial charge in [0.05, 0.1) is 4.34 Å². The van der Waals surface area contributed by atoms with Gasteiger partial charge in [-0.2, -0.15) is 4.31 Å². The standard InChI is InChI=1S/C11H14BrCl2NO2S2/c12-5-1-3-8-4-2-6-15(8)19(16,17)9-7-10(13)18-11(9)14/h7-8H,1-6H2. The predicted molar refractivity (Wildman–Crippen MR) is 84.3 cm³/mol. The number of hydrogen-bond acceptors (Lipinski definition) is 3. The molecule has 19 heavy (non-hydrogen) atoms. The molecule has 0 amide bonds. The van der Waals surface area contributed by atoms with Crippen molar-refractivity contribution in [3.63, 3.8) is 0 Å². The molecule has 0 aliphatic carbocycles. The van der Waals surface area contributed by atoms with E-state index in [-0.39, 0.29) is 15.3 Å². The van der Waals surface area contributed by atoms with Crippen LogP contribution in [0.15, 0.2) is 11.0 Å². The maximum absolute atomic E-state index is 12.6. The fraction of sp³-hybridized carbons (Fsp3) is 0.636. The second kappa shape index (κ2) is 6.62. The highest BCUT2D eigenvalue weighted by Crippen LogP contribution is 2.38. The molecular formula is C11H14BrCl2NO2S2. The van der Waals surface area contributed by atoms with Crippen LogP contribution in [0.25, 0.3) is 0 Å². The van der Waals surface area contributed by atoms with E-state index < -0.39 is 10.0 Å². The van der Waals surface area contributed by atoms with Gasteiger partial charge in [-0.1, -0.05) is 39.1 Å². The zero-order valence-electron chi connectivity index (χ0n) is 10.1. The van der Waals surface area contributed by atoms with Gasteiger partial charge in [-0.3, -0.25) is 0 Å². The molecule has 0 N–H and O–H groups in total. The van der Waals surface area contributed by atoms with E-state index in [9.17, 15) is 8.42 Å². The summed E-state index contributed by atoms with van der Waals surface area (Å²) >= 11 is 16.3. The lowest BCUT2D eigenvalue weighted by atomic mass is 10.1. The number of halogens is 3. The molecule has 108 valence electrons. The second-order valence-electron chi connectivity index (χ2n) is 4.43. The number of sulfonamides is 1. The largest absolute Gasteiger partial charge is 0.245 e. The third-order valence-electron chi connectivity index (χ3n) is 3.21. The van der Waals surface area contributed by atoms with Gasteiger partial charge in [0.2, 0.25) is 10.0 Å². The van der Waals surface area contributed by atoms with Gasteiger partial charge in [-0.25, -0.2) is 8.42 Å². The Morgan fingerprint density at radius 2 is 2.21 bits per heavy atom. The first-order valence-corrected chi connectivity index (χ1v) is 10.1. The normalized spacial score (nSPS) is 21.1. The van der Waals surface area contributed by atoms with Gasteiger partial charge in [0.25, 0.3) is 0 Å². The van der Waals surface area contributed by atoms with E-state index in [1.54, 1.807) is 4.31 Å². The van der Waals surface area contributed by atoms with Crippen LogP contribution < -0.4 is 0 Å². The van der Waals surface area contributed by atoms with Crippen LogP contribution in [-0.2, 0) is 10.0 Å². The van der Waals surface area contributed by atoms with Crippen molar-refractivity contribution in [2.24, 2.45) is 0 Å². The quantitative estimate of drug-likeness (QED) is 0.680. The summed E-state index contributed by atoms with van der Waals surface area (Å²) in [6.07, 6.45) is 3.66. The minimum atomic E-state index is -3.52. The van der Waals surface area contributed by atoms with Crippen LogP contribution >= 0.6 is 50.5 Å². The molecule has 1 saturated heterocycles. The zero-order chi connectivity index (χ0) is 14.0. The maximum atomic E-state index is 12.6. The van der Waals surface area contributed by atoms with Crippen LogP contribution in [0.4, 0.5) is 0 Å². The molecule has 0 aromatic carbocycles. The number of nitrogens with zero attached hydrogens (tertiary/aromatic N) is 1. The minimum Gasteiger partial charge on any atom is -0.207 e. The number of hydrogen-bond donors (Lipinski definition) is 0. The summed E-state index contributed by atoms with van der Waals surface area (Å²) in [5.41, 5.74) is 0. The van der Waals surface area contributed by atoms with Crippen LogP contribution in [0.5, 0.6) is 0 Å². The smallest absolute Gasteiger partial charge is 0.207 e. The van der Waals surface area contributed by atoms with E-state index in [1.807, 2.05) is 0 Å². The topological polar surface area (TPSA) is 37.4 Å². The van der Waals surface area contributed by atoms with Gasteiger partial charge < -0.3 is 0 Å². The second-order valence-corrected chi connectivity index (χ2v) is 9.37. The molecule has 1 aliphatic heterocycles. The zero-order valence-corrected chi connectivity index (χ0v) is 14.8. The van der Waals surface area contributed by atoms with E-state index in [4.69, 9.17) is 23.2 Å². The average Bonchev–Trinajstić information content (AvgIpc) is 2.93. The van der Waals surface area contributed by atoms with Gasteiger partial charge in [0, 0.05) is 17.9 Å². The first-order valence-electron chi connectivity index (χ1n) is 5.99. The van der Waals surface area contributed by atoms with E-state index in [1.165, 1.54) is 6.07 Å². The predicted octanol–water partition coefficient (Wildman–Crippen LogP) is 4.38. The molecule has 8 heteroatoms. The molecule has 0 saturated carbocycles. The average molecular weight is 407 g/mol. The van der Waals surface area contributed by atoms with Crippen molar-refractivity contribution < 1.29 is 8.42 Å². The molecule has 1 atom stereocenters. The van der Waals surface area contributed by atoms with E-state index in [0.29, 0.717) is 10.9 Å². The number of alkyl halides is 1. The first-order chi connectivity index (χ1) is 8.96. The van der Waals surface area contributed by atoms with Crippen LogP contribution in [0, 0.1) is 0 Å². The molecule has 0 radical (unpaired) electrons.